The molecule has 4 rings (SSSR count). The van der Waals surface area contributed by atoms with Crippen LogP contribution in [0.15, 0.2) is 47.4 Å². The third kappa shape index (κ3) is 4.45. The van der Waals surface area contributed by atoms with Crippen molar-refractivity contribution in [2.45, 2.75) is 23.8 Å². The number of carbonyl (C=O) groups excluding carboxylic acids is 1. The van der Waals surface area contributed by atoms with Crippen molar-refractivity contribution in [2.75, 3.05) is 11.9 Å². The molecule has 1 fully saturated rings. The first-order valence-corrected chi connectivity index (χ1v) is 11.8. The van der Waals surface area contributed by atoms with Gasteiger partial charge in [0, 0.05) is 17.6 Å². The molecule has 3 aromatic rings. The molecule has 1 aliphatic heterocycles. The molecule has 1 saturated heterocycles. The molecule has 2 heterocycles. The van der Waals surface area contributed by atoms with Gasteiger partial charge in [0.15, 0.2) is 0 Å². The molecule has 12 heteroatoms. The first-order valence-electron chi connectivity index (χ1n) is 9.13. The molecule has 1 aliphatic rings. The van der Waals surface area contributed by atoms with E-state index in [2.05, 4.69) is 15.5 Å². The largest absolute Gasteiger partial charge is 0.317 e. The van der Waals surface area contributed by atoms with Gasteiger partial charge in [-0.15, -0.1) is 10.2 Å². The Bertz CT molecular complexity index is 1240. The summed E-state index contributed by atoms with van der Waals surface area (Å²) >= 11 is 6.77. The summed E-state index contributed by atoms with van der Waals surface area (Å²) in [5.74, 6) is -2.41. The highest BCUT2D eigenvalue weighted by Crippen LogP contribution is 2.38. The highest BCUT2D eigenvalue weighted by molar-refractivity contribution is 7.89. The fourth-order valence-electron chi connectivity index (χ4n) is 3.24. The lowest BCUT2D eigenvalue weighted by Gasteiger charge is -2.22. The predicted octanol–water partition coefficient (Wildman–Crippen LogP) is 4.25. The van der Waals surface area contributed by atoms with Gasteiger partial charge in [0.1, 0.15) is 16.6 Å². The number of benzene rings is 2. The normalized spacial score (nSPS) is 17.1. The number of nitrogens with one attached hydrogen (secondary N) is 1. The number of carbonyl (C=O) groups is 1. The summed E-state index contributed by atoms with van der Waals surface area (Å²) in [5, 5.41) is 10.9. The quantitative estimate of drug-likeness (QED) is 0.584. The van der Waals surface area contributed by atoms with E-state index in [-0.39, 0.29) is 15.6 Å². The van der Waals surface area contributed by atoms with Crippen LogP contribution in [0.4, 0.5) is 14.5 Å². The van der Waals surface area contributed by atoms with Gasteiger partial charge in [-0.1, -0.05) is 22.9 Å². The number of sulfonamides is 1. The van der Waals surface area contributed by atoms with Crippen molar-refractivity contribution in [3.63, 3.8) is 0 Å². The Labute approximate surface area is 185 Å². The highest BCUT2D eigenvalue weighted by Gasteiger charge is 2.38. The highest BCUT2D eigenvalue weighted by atomic mass is 35.5. The van der Waals surface area contributed by atoms with E-state index in [9.17, 15) is 22.0 Å². The molecule has 7 nitrogen and oxygen atoms in total. The van der Waals surface area contributed by atoms with Crippen LogP contribution in [0.1, 0.15) is 33.7 Å². The number of amides is 1. The second-order valence-electron chi connectivity index (χ2n) is 6.75. The van der Waals surface area contributed by atoms with Crippen molar-refractivity contribution in [2.24, 2.45) is 0 Å². The van der Waals surface area contributed by atoms with Gasteiger partial charge in [0.05, 0.1) is 16.6 Å². The van der Waals surface area contributed by atoms with Gasteiger partial charge in [-0.3, -0.25) is 4.79 Å². The van der Waals surface area contributed by atoms with E-state index < -0.39 is 33.6 Å². The molecule has 1 N–H and O–H groups in total. The molecule has 0 aliphatic carbocycles. The average molecular weight is 485 g/mol. The number of anilines is 1. The zero-order valence-corrected chi connectivity index (χ0v) is 18.1. The number of nitrogens with zero attached hydrogens (tertiary/aromatic N) is 3. The van der Waals surface area contributed by atoms with Gasteiger partial charge in [0.2, 0.25) is 15.0 Å². The molecular formula is C19H15ClF2N4O3S2. The van der Waals surface area contributed by atoms with Gasteiger partial charge in [-0.2, -0.15) is 4.31 Å². The maximum Gasteiger partial charge on any atom is 0.286 e. The minimum atomic E-state index is -3.79. The van der Waals surface area contributed by atoms with E-state index in [0.717, 1.165) is 23.5 Å². The molecule has 162 valence electrons. The minimum Gasteiger partial charge on any atom is -0.317 e. The molecule has 31 heavy (non-hydrogen) atoms. The fourth-order valence-corrected chi connectivity index (χ4v) is 5.98. The lowest BCUT2D eigenvalue weighted by atomic mass is 10.2. The summed E-state index contributed by atoms with van der Waals surface area (Å²) in [5.41, 5.74) is -0.198. The molecule has 2 aromatic carbocycles. The Balaban J connectivity index is 1.55. The monoisotopic (exact) mass is 484 g/mol. The third-order valence-electron chi connectivity index (χ3n) is 4.72. The molecule has 0 radical (unpaired) electrons. The molecule has 0 spiro atoms. The Morgan fingerprint density at radius 3 is 2.61 bits per heavy atom. The smallest absolute Gasteiger partial charge is 0.286 e. The number of rotatable bonds is 5. The molecule has 0 unspecified atom stereocenters. The fraction of sp³-hybridized carbons (Fsp3) is 0.211. The Morgan fingerprint density at radius 1 is 1.16 bits per heavy atom. The number of halogens is 3. The van der Waals surface area contributed by atoms with E-state index in [1.165, 1.54) is 28.6 Å². The third-order valence-corrected chi connectivity index (χ3v) is 7.92. The van der Waals surface area contributed by atoms with Crippen LogP contribution in [0.5, 0.6) is 0 Å². The summed E-state index contributed by atoms with van der Waals surface area (Å²) in [6.45, 7) is 0.303. The van der Waals surface area contributed by atoms with Gasteiger partial charge in [-0.25, -0.2) is 17.2 Å². The first-order chi connectivity index (χ1) is 14.8. The van der Waals surface area contributed by atoms with E-state index in [0.29, 0.717) is 35.5 Å². The lowest BCUT2D eigenvalue weighted by Crippen LogP contribution is -2.30. The van der Waals surface area contributed by atoms with Crippen LogP contribution in [0, 0.1) is 11.6 Å². The SMILES string of the molecule is O=C(Nc1ccc(F)cc1F)c1nnc([C@@H]2CCCN2S(=O)(=O)c2ccc(Cl)cc2)s1. The zero-order valence-electron chi connectivity index (χ0n) is 15.8. The van der Waals surface area contributed by atoms with Gasteiger partial charge >= 0.3 is 0 Å². The van der Waals surface area contributed by atoms with Crippen LogP contribution in [0.3, 0.4) is 0 Å². The molecule has 1 atom stereocenters. The molecular weight excluding hydrogens is 470 g/mol. The van der Waals surface area contributed by atoms with Crippen molar-refractivity contribution >= 4 is 44.6 Å². The van der Waals surface area contributed by atoms with Crippen LogP contribution >= 0.6 is 22.9 Å². The lowest BCUT2D eigenvalue weighted by molar-refractivity contribution is 0.102. The van der Waals surface area contributed by atoms with Crippen LogP contribution in [0.2, 0.25) is 5.02 Å². The molecule has 0 saturated carbocycles. The number of hydrogen-bond acceptors (Lipinski definition) is 6. The van der Waals surface area contributed by atoms with E-state index >= 15 is 0 Å². The first kappa shape index (κ1) is 21.8. The maximum absolute atomic E-state index is 13.8. The van der Waals surface area contributed by atoms with E-state index in [1.807, 2.05) is 0 Å². The Morgan fingerprint density at radius 2 is 1.90 bits per heavy atom. The number of aromatic nitrogens is 2. The van der Waals surface area contributed by atoms with Crippen LogP contribution in [-0.2, 0) is 10.0 Å². The summed E-state index contributed by atoms with van der Waals surface area (Å²) in [6, 6.07) is 8.07. The van der Waals surface area contributed by atoms with Crippen LogP contribution in [0.25, 0.3) is 0 Å². The summed E-state index contributed by atoms with van der Waals surface area (Å²) < 4.78 is 54.3. The van der Waals surface area contributed by atoms with Gasteiger partial charge < -0.3 is 5.32 Å². The summed E-state index contributed by atoms with van der Waals surface area (Å²) in [6.07, 6.45) is 1.15. The number of hydrogen-bond donors (Lipinski definition) is 1. The van der Waals surface area contributed by atoms with Crippen molar-refractivity contribution in [1.82, 2.24) is 14.5 Å². The Hall–Kier alpha value is -2.47. The second kappa shape index (κ2) is 8.58. The zero-order chi connectivity index (χ0) is 22.2. The van der Waals surface area contributed by atoms with Crippen LogP contribution < -0.4 is 5.32 Å². The second-order valence-corrected chi connectivity index (χ2v) is 10.1. The van der Waals surface area contributed by atoms with Crippen molar-refractivity contribution in [1.29, 1.82) is 0 Å². The Kier molecular flexibility index (Phi) is 6.02. The molecule has 0 bridgehead atoms. The summed E-state index contributed by atoms with van der Waals surface area (Å²) in [7, 11) is -3.79. The topological polar surface area (TPSA) is 92.3 Å². The van der Waals surface area contributed by atoms with Crippen molar-refractivity contribution < 1.29 is 22.0 Å². The van der Waals surface area contributed by atoms with Crippen molar-refractivity contribution in [3.05, 3.63) is 69.1 Å². The predicted molar refractivity (Wildman–Crippen MR) is 112 cm³/mol. The standard InChI is InChI=1S/C19H15ClF2N4O3S2/c20-11-3-6-13(7-4-11)31(28,29)26-9-1-2-16(26)18-24-25-19(30-18)17(27)23-15-8-5-12(21)10-14(15)22/h3-8,10,16H,1-2,9H2,(H,23,27)/t16-/m0/s1. The summed E-state index contributed by atoms with van der Waals surface area (Å²) in [4.78, 5) is 12.5. The van der Waals surface area contributed by atoms with Crippen LogP contribution in [-0.4, -0.2) is 35.4 Å². The average Bonchev–Trinajstić information content (AvgIpc) is 3.40. The minimum absolute atomic E-state index is 0.0607. The van der Waals surface area contributed by atoms with Gasteiger partial charge in [-0.05, 0) is 49.2 Å². The van der Waals surface area contributed by atoms with Gasteiger partial charge in [0.25, 0.3) is 5.91 Å². The van der Waals surface area contributed by atoms with E-state index in [4.69, 9.17) is 11.6 Å². The van der Waals surface area contributed by atoms with Crippen molar-refractivity contribution in [3.8, 4) is 0 Å². The molecule has 1 amide bonds. The maximum atomic E-state index is 13.8. The van der Waals surface area contributed by atoms with E-state index in [1.54, 1.807) is 0 Å². The molecule has 1 aromatic heterocycles.